The van der Waals surface area contributed by atoms with Crippen molar-refractivity contribution in [3.8, 4) is 0 Å². The Labute approximate surface area is 117 Å². The van der Waals surface area contributed by atoms with Crippen LogP contribution in [0.3, 0.4) is 0 Å². The zero-order valence-electron chi connectivity index (χ0n) is 10.7. The molecule has 0 spiro atoms. The first kappa shape index (κ1) is 12.9. The highest BCUT2D eigenvalue weighted by atomic mass is 32.2. The number of thioether (sulfide) groups is 1. The molecule has 1 aliphatic heterocycles. The van der Waals surface area contributed by atoms with E-state index in [1.165, 1.54) is 16.3 Å². The van der Waals surface area contributed by atoms with E-state index in [1.54, 1.807) is 0 Å². The lowest BCUT2D eigenvalue weighted by atomic mass is 9.99. The van der Waals surface area contributed by atoms with Gasteiger partial charge in [0.1, 0.15) is 0 Å². The van der Waals surface area contributed by atoms with Crippen molar-refractivity contribution in [3.05, 3.63) is 48.0 Å². The first-order valence-corrected chi connectivity index (χ1v) is 7.68. The van der Waals surface area contributed by atoms with Gasteiger partial charge in [0.2, 0.25) is 0 Å². The van der Waals surface area contributed by atoms with E-state index in [2.05, 4.69) is 47.9 Å². The summed E-state index contributed by atoms with van der Waals surface area (Å²) in [5.74, 6) is 7.80. The molecule has 1 saturated heterocycles. The van der Waals surface area contributed by atoms with Gasteiger partial charge in [-0.25, -0.2) is 0 Å². The van der Waals surface area contributed by atoms with Crippen LogP contribution in [0.2, 0.25) is 0 Å². The molecular weight excluding hydrogens is 256 g/mol. The van der Waals surface area contributed by atoms with Gasteiger partial charge in [-0.1, -0.05) is 36.4 Å². The highest BCUT2D eigenvalue weighted by Gasteiger charge is 2.25. The third-order valence-corrected chi connectivity index (χ3v) is 4.55. The molecule has 1 fully saturated rings. The predicted octanol–water partition coefficient (Wildman–Crippen LogP) is 2.48. The van der Waals surface area contributed by atoms with Gasteiger partial charge in [0.25, 0.3) is 0 Å². The number of nitrogens with one attached hydrogen (secondary N) is 1. The first-order chi connectivity index (χ1) is 9.38. The van der Waals surface area contributed by atoms with E-state index in [1.807, 2.05) is 11.8 Å². The summed E-state index contributed by atoms with van der Waals surface area (Å²) >= 11 is 1.92. The summed E-state index contributed by atoms with van der Waals surface area (Å²) in [6, 6.07) is 14.9. The van der Waals surface area contributed by atoms with E-state index in [9.17, 15) is 0 Å². The smallest absolute Gasteiger partial charge is 0.0873 e. The van der Waals surface area contributed by atoms with E-state index in [-0.39, 0.29) is 12.1 Å². The summed E-state index contributed by atoms with van der Waals surface area (Å²) in [6.45, 7) is 0.807. The van der Waals surface area contributed by atoms with E-state index in [0.29, 0.717) is 0 Å². The molecular formula is C15H18N2OS. The molecule has 100 valence electrons. The topological polar surface area (TPSA) is 47.3 Å². The van der Waals surface area contributed by atoms with E-state index < -0.39 is 0 Å². The predicted molar refractivity (Wildman–Crippen MR) is 81.1 cm³/mol. The van der Waals surface area contributed by atoms with Crippen LogP contribution in [-0.4, -0.2) is 24.2 Å². The van der Waals surface area contributed by atoms with Crippen LogP contribution in [0.1, 0.15) is 11.6 Å². The van der Waals surface area contributed by atoms with Crippen molar-refractivity contribution in [3.63, 3.8) is 0 Å². The normalized spacial score (nSPS) is 21.4. The summed E-state index contributed by atoms with van der Waals surface area (Å²) in [7, 11) is 0. The Kier molecular flexibility index (Phi) is 4.03. The standard InChI is InChI=1S/C15H18N2OS/c16-17-15(14-10-19-8-7-18-14)13-6-5-11-3-1-2-4-12(11)9-13/h1-6,9,14-15,17H,7-8,10,16H2. The van der Waals surface area contributed by atoms with Gasteiger partial charge in [0.05, 0.1) is 18.8 Å². The number of hydrogen-bond donors (Lipinski definition) is 2. The Hall–Kier alpha value is -1.07. The molecule has 0 radical (unpaired) electrons. The van der Waals surface area contributed by atoms with E-state index >= 15 is 0 Å². The minimum Gasteiger partial charge on any atom is -0.374 e. The summed E-state index contributed by atoms with van der Waals surface area (Å²) < 4.78 is 5.83. The van der Waals surface area contributed by atoms with Crippen LogP contribution < -0.4 is 11.3 Å². The zero-order chi connectivity index (χ0) is 13.1. The molecule has 4 heteroatoms. The zero-order valence-corrected chi connectivity index (χ0v) is 11.5. The van der Waals surface area contributed by atoms with E-state index in [4.69, 9.17) is 10.6 Å². The Morgan fingerprint density at radius 1 is 1.21 bits per heavy atom. The minimum atomic E-state index is 0.0532. The van der Waals surface area contributed by atoms with Crippen LogP contribution in [0.15, 0.2) is 42.5 Å². The molecule has 0 aromatic heterocycles. The largest absolute Gasteiger partial charge is 0.374 e. The second-order valence-corrected chi connectivity index (χ2v) is 5.88. The van der Waals surface area contributed by atoms with Gasteiger partial charge in [-0.15, -0.1) is 0 Å². The maximum atomic E-state index is 5.83. The highest BCUT2D eigenvalue weighted by Crippen LogP contribution is 2.27. The molecule has 3 rings (SSSR count). The van der Waals surface area contributed by atoms with Gasteiger partial charge in [0.15, 0.2) is 0 Å². The minimum absolute atomic E-state index is 0.0532. The fraction of sp³-hybridized carbons (Fsp3) is 0.333. The van der Waals surface area contributed by atoms with Crippen molar-refractivity contribution in [2.45, 2.75) is 12.1 Å². The second-order valence-electron chi connectivity index (χ2n) is 4.74. The molecule has 3 N–H and O–H groups in total. The lowest BCUT2D eigenvalue weighted by Crippen LogP contribution is -2.41. The number of ether oxygens (including phenoxy) is 1. The number of hydrazine groups is 1. The number of hydrogen-bond acceptors (Lipinski definition) is 4. The lowest BCUT2D eigenvalue weighted by molar-refractivity contribution is 0.0468. The number of rotatable bonds is 3. The average Bonchev–Trinajstić information content (AvgIpc) is 2.49. The maximum absolute atomic E-state index is 5.83. The molecule has 1 heterocycles. The third-order valence-electron chi connectivity index (χ3n) is 3.53. The Bertz CT molecular complexity index is 555. The lowest BCUT2D eigenvalue weighted by Gasteiger charge is -2.30. The summed E-state index contributed by atoms with van der Waals surface area (Å²) in [5.41, 5.74) is 4.10. The molecule has 1 aliphatic rings. The monoisotopic (exact) mass is 274 g/mol. The van der Waals surface area contributed by atoms with Crippen LogP contribution in [0.25, 0.3) is 10.8 Å². The van der Waals surface area contributed by atoms with E-state index in [0.717, 1.165) is 18.1 Å². The first-order valence-electron chi connectivity index (χ1n) is 6.52. The van der Waals surface area contributed by atoms with Gasteiger partial charge in [-0.2, -0.15) is 11.8 Å². The van der Waals surface area contributed by atoms with Crippen LogP contribution in [0.5, 0.6) is 0 Å². The number of fused-ring (bicyclic) bond motifs is 1. The van der Waals surface area contributed by atoms with Crippen molar-refractivity contribution < 1.29 is 4.74 Å². The van der Waals surface area contributed by atoms with Crippen molar-refractivity contribution in [1.29, 1.82) is 0 Å². The second kappa shape index (κ2) is 5.92. The summed E-state index contributed by atoms with van der Waals surface area (Å²) in [5, 5.41) is 2.49. The van der Waals surface area contributed by atoms with Crippen LogP contribution >= 0.6 is 11.8 Å². The van der Waals surface area contributed by atoms with Gasteiger partial charge >= 0.3 is 0 Å². The van der Waals surface area contributed by atoms with Gasteiger partial charge in [-0.3, -0.25) is 11.3 Å². The van der Waals surface area contributed by atoms with Gasteiger partial charge in [-0.05, 0) is 22.4 Å². The molecule has 2 aromatic carbocycles. The molecule has 2 atom stereocenters. The molecule has 3 nitrogen and oxygen atoms in total. The molecule has 2 aromatic rings. The maximum Gasteiger partial charge on any atom is 0.0873 e. The number of benzene rings is 2. The SMILES string of the molecule is NNC(c1ccc2ccccc2c1)C1CSCCO1. The Morgan fingerprint density at radius 3 is 2.79 bits per heavy atom. The fourth-order valence-corrected chi connectivity index (χ4v) is 3.42. The molecule has 2 unspecified atom stereocenters. The van der Waals surface area contributed by atoms with Gasteiger partial charge in [0, 0.05) is 11.5 Å². The molecule has 0 amide bonds. The molecule has 0 aliphatic carbocycles. The van der Waals surface area contributed by atoms with Crippen LogP contribution in [0.4, 0.5) is 0 Å². The molecule has 0 saturated carbocycles. The molecule has 0 bridgehead atoms. The van der Waals surface area contributed by atoms with Crippen molar-refractivity contribution in [1.82, 2.24) is 5.43 Å². The van der Waals surface area contributed by atoms with Crippen LogP contribution in [-0.2, 0) is 4.74 Å². The van der Waals surface area contributed by atoms with Crippen molar-refractivity contribution >= 4 is 22.5 Å². The fourth-order valence-electron chi connectivity index (χ4n) is 2.52. The average molecular weight is 274 g/mol. The quantitative estimate of drug-likeness (QED) is 0.667. The Balaban J connectivity index is 1.91. The van der Waals surface area contributed by atoms with Gasteiger partial charge < -0.3 is 4.74 Å². The number of nitrogens with two attached hydrogens (primary N) is 1. The van der Waals surface area contributed by atoms with Crippen molar-refractivity contribution in [2.75, 3.05) is 18.1 Å². The van der Waals surface area contributed by atoms with Crippen molar-refractivity contribution in [2.24, 2.45) is 5.84 Å². The van der Waals surface area contributed by atoms with Crippen LogP contribution in [0, 0.1) is 0 Å². The summed E-state index contributed by atoms with van der Waals surface area (Å²) in [4.78, 5) is 0. The third kappa shape index (κ3) is 2.77. The highest BCUT2D eigenvalue weighted by molar-refractivity contribution is 7.99. The molecule has 19 heavy (non-hydrogen) atoms. The Morgan fingerprint density at radius 2 is 2.05 bits per heavy atom. The summed E-state index contributed by atoms with van der Waals surface area (Å²) in [6.07, 6.45) is 0.143.